The molecule has 162 valence electrons. The number of carbonyl (C=O) groups is 1. The minimum absolute atomic E-state index is 0.0787. The Hall–Kier alpha value is -0.510. The Morgan fingerprint density at radius 3 is 2.72 bits per heavy atom. The predicted molar refractivity (Wildman–Crippen MR) is 124 cm³/mol. The molecule has 0 radical (unpaired) electrons. The van der Waals surface area contributed by atoms with E-state index in [2.05, 4.69) is 31.9 Å². The van der Waals surface area contributed by atoms with Gasteiger partial charge in [0, 0.05) is 28.1 Å². The van der Waals surface area contributed by atoms with Gasteiger partial charge in [-0.25, -0.2) is 0 Å². The van der Waals surface area contributed by atoms with Gasteiger partial charge in [0.25, 0.3) is 0 Å². The number of nitrogens with two attached hydrogens (primary N) is 1. The Labute approximate surface area is 193 Å². The Bertz CT molecular complexity index is 702. The summed E-state index contributed by atoms with van der Waals surface area (Å²) in [5.41, 5.74) is 5.12. The van der Waals surface area contributed by atoms with Crippen LogP contribution in [0.4, 0.5) is 0 Å². The first-order valence-corrected chi connectivity index (χ1v) is 12.3. The Kier molecular flexibility index (Phi) is 10.6. The number of unbranched alkanes of at least 4 members (excludes halogenated alkanes) is 1. The third-order valence-corrected chi connectivity index (χ3v) is 8.54. The van der Waals surface area contributed by atoms with Gasteiger partial charge in [-0.2, -0.15) is 0 Å². The molecular weight excluding hydrogens is 522 g/mol. The van der Waals surface area contributed by atoms with Gasteiger partial charge in [0.1, 0.15) is 0 Å². The van der Waals surface area contributed by atoms with Gasteiger partial charge < -0.3 is 21.1 Å². The predicted octanol–water partition coefficient (Wildman–Crippen LogP) is 4.08. The number of aliphatic hydroxyl groups is 3. The molecule has 0 aromatic carbocycles. The first-order valence-electron chi connectivity index (χ1n) is 9.87. The van der Waals surface area contributed by atoms with Crippen molar-refractivity contribution in [2.24, 2.45) is 17.6 Å². The van der Waals surface area contributed by atoms with Crippen LogP contribution >= 0.6 is 43.2 Å². The second kappa shape index (κ2) is 12.4. The first-order chi connectivity index (χ1) is 13.8. The van der Waals surface area contributed by atoms with Gasteiger partial charge in [-0.05, 0) is 75.9 Å². The van der Waals surface area contributed by atoms with Gasteiger partial charge in [0.2, 0.25) is 5.91 Å². The van der Waals surface area contributed by atoms with Crippen LogP contribution in [-0.2, 0) is 11.2 Å². The van der Waals surface area contributed by atoms with Crippen LogP contribution in [0.5, 0.6) is 0 Å². The molecule has 5 atom stereocenters. The lowest BCUT2D eigenvalue weighted by molar-refractivity contribution is -0.118. The lowest BCUT2D eigenvalue weighted by atomic mass is 9.89. The van der Waals surface area contributed by atoms with E-state index >= 15 is 0 Å². The van der Waals surface area contributed by atoms with Gasteiger partial charge in [0.15, 0.2) is 0 Å². The number of primary amides is 1. The maximum atomic E-state index is 10.7. The van der Waals surface area contributed by atoms with Crippen LogP contribution in [0.2, 0.25) is 0 Å². The van der Waals surface area contributed by atoms with Crippen LogP contribution in [0.1, 0.15) is 43.4 Å². The summed E-state index contributed by atoms with van der Waals surface area (Å²) >= 11 is 8.59. The largest absolute Gasteiger partial charge is 0.393 e. The Morgan fingerprint density at radius 1 is 1.31 bits per heavy atom. The van der Waals surface area contributed by atoms with E-state index in [0.717, 1.165) is 21.1 Å². The van der Waals surface area contributed by atoms with Crippen molar-refractivity contribution >= 4 is 49.1 Å². The molecule has 4 unspecified atom stereocenters. The zero-order chi connectivity index (χ0) is 21.4. The highest BCUT2D eigenvalue weighted by Gasteiger charge is 2.39. The summed E-state index contributed by atoms with van der Waals surface area (Å²) in [7, 11) is 0. The summed E-state index contributed by atoms with van der Waals surface area (Å²) in [6.07, 6.45) is 10.1. The topological polar surface area (TPSA) is 104 Å². The fourth-order valence-electron chi connectivity index (χ4n) is 3.63. The smallest absolute Gasteiger partial charge is 0.217 e. The van der Waals surface area contributed by atoms with Gasteiger partial charge in [-0.15, -0.1) is 11.3 Å². The number of hydrogen-bond donors (Lipinski definition) is 4. The number of aliphatic hydroxyl groups excluding tert-OH is 3. The van der Waals surface area contributed by atoms with Gasteiger partial charge in [-0.1, -0.05) is 24.3 Å². The molecule has 8 heteroatoms. The van der Waals surface area contributed by atoms with Crippen molar-refractivity contribution in [2.45, 2.75) is 63.3 Å². The van der Waals surface area contributed by atoms with Crippen molar-refractivity contribution in [3.05, 3.63) is 43.5 Å². The van der Waals surface area contributed by atoms with E-state index in [1.807, 2.05) is 24.3 Å². The van der Waals surface area contributed by atoms with Crippen molar-refractivity contribution in [1.82, 2.24) is 0 Å². The van der Waals surface area contributed by atoms with Crippen molar-refractivity contribution in [3.8, 4) is 0 Å². The molecule has 1 aliphatic carbocycles. The lowest BCUT2D eigenvalue weighted by Gasteiger charge is -2.19. The summed E-state index contributed by atoms with van der Waals surface area (Å²) in [5.74, 6) is -0.555. The maximum absolute atomic E-state index is 10.7. The van der Waals surface area contributed by atoms with E-state index in [4.69, 9.17) is 5.73 Å². The number of aryl methyl sites for hydroxylation is 1. The molecule has 0 spiro atoms. The Morgan fingerprint density at radius 2 is 2.07 bits per heavy atom. The number of thiophene rings is 1. The highest BCUT2D eigenvalue weighted by atomic mass is 79.9. The normalized spacial score (nSPS) is 26.0. The average Bonchev–Trinajstić information content (AvgIpc) is 3.11. The van der Waals surface area contributed by atoms with Crippen LogP contribution < -0.4 is 5.73 Å². The third kappa shape index (κ3) is 8.26. The molecule has 1 aromatic heterocycles. The standard InChI is InChI=1S/C21H29Br2NO4S/c22-17-11-14(29-21(17)23)9-7-13(25)8-10-16-15(18(26)12-19(16)27)5-3-1-2-4-6-20(24)28/h1,3,8,10-11,13,15-16,18-19,25-27H,2,4-7,9,12H2,(H2,24,28)/t13?,15-,16?,18?,19?/m1/s1. The summed E-state index contributed by atoms with van der Waals surface area (Å²) in [6.45, 7) is 0. The fourth-order valence-corrected chi connectivity index (χ4v) is 5.82. The monoisotopic (exact) mass is 549 g/mol. The van der Waals surface area contributed by atoms with E-state index < -0.39 is 18.3 Å². The van der Waals surface area contributed by atoms with Gasteiger partial charge >= 0.3 is 0 Å². The number of halogens is 2. The van der Waals surface area contributed by atoms with E-state index in [1.54, 1.807) is 17.4 Å². The maximum Gasteiger partial charge on any atom is 0.217 e. The number of amides is 1. The Balaban J connectivity index is 1.83. The number of hydrogen-bond acceptors (Lipinski definition) is 5. The molecule has 1 heterocycles. The van der Waals surface area contributed by atoms with Crippen LogP contribution in [0.3, 0.4) is 0 Å². The molecule has 0 bridgehead atoms. The fraction of sp³-hybridized carbons (Fsp3) is 0.571. The molecule has 1 aromatic rings. The van der Waals surface area contributed by atoms with E-state index in [9.17, 15) is 20.1 Å². The van der Waals surface area contributed by atoms with E-state index in [-0.39, 0.29) is 17.7 Å². The second-order valence-electron chi connectivity index (χ2n) is 7.50. The quantitative estimate of drug-likeness (QED) is 0.246. The molecule has 0 aliphatic heterocycles. The van der Waals surface area contributed by atoms with E-state index in [0.29, 0.717) is 32.1 Å². The molecule has 1 fully saturated rings. The summed E-state index contributed by atoms with van der Waals surface area (Å²) < 4.78 is 2.07. The minimum atomic E-state index is -0.606. The molecule has 0 saturated heterocycles. The summed E-state index contributed by atoms with van der Waals surface area (Å²) in [4.78, 5) is 11.9. The molecule has 1 amide bonds. The molecule has 29 heavy (non-hydrogen) atoms. The molecule has 1 saturated carbocycles. The molecule has 2 rings (SSSR count). The third-order valence-electron chi connectivity index (χ3n) is 5.22. The van der Waals surface area contributed by atoms with Crippen LogP contribution in [0.25, 0.3) is 0 Å². The SMILES string of the molecule is NC(=O)CCCC=CC[C@H]1C(O)CC(O)C1C=CC(O)CCc1cc(Br)c(Br)s1. The average molecular weight is 551 g/mol. The second-order valence-corrected chi connectivity index (χ2v) is 10.8. The van der Waals surface area contributed by atoms with Gasteiger partial charge in [0.05, 0.1) is 22.1 Å². The highest BCUT2D eigenvalue weighted by molar-refractivity contribution is 9.13. The zero-order valence-corrected chi connectivity index (χ0v) is 20.2. The summed E-state index contributed by atoms with van der Waals surface area (Å²) in [5, 5.41) is 30.9. The van der Waals surface area contributed by atoms with Crippen molar-refractivity contribution < 1.29 is 20.1 Å². The number of allylic oxidation sites excluding steroid dienone is 2. The molecule has 5 nitrogen and oxygen atoms in total. The molecule has 1 aliphatic rings. The van der Waals surface area contributed by atoms with Crippen LogP contribution in [0, 0.1) is 11.8 Å². The number of rotatable bonds is 11. The van der Waals surface area contributed by atoms with Crippen molar-refractivity contribution in [2.75, 3.05) is 0 Å². The summed E-state index contributed by atoms with van der Waals surface area (Å²) in [6, 6.07) is 2.05. The van der Waals surface area contributed by atoms with Crippen LogP contribution in [0.15, 0.2) is 38.6 Å². The number of carbonyl (C=O) groups excluding carboxylic acids is 1. The minimum Gasteiger partial charge on any atom is -0.393 e. The first kappa shape index (κ1) is 24.8. The van der Waals surface area contributed by atoms with Gasteiger partial charge in [-0.3, -0.25) is 4.79 Å². The molecule has 5 N–H and O–H groups in total. The van der Waals surface area contributed by atoms with E-state index in [1.165, 1.54) is 4.88 Å². The van der Waals surface area contributed by atoms with Crippen molar-refractivity contribution in [1.29, 1.82) is 0 Å². The van der Waals surface area contributed by atoms with Crippen molar-refractivity contribution in [3.63, 3.8) is 0 Å². The molecular formula is C21H29Br2NO4S. The van der Waals surface area contributed by atoms with Crippen LogP contribution in [-0.4, -0.2) is 39.5 Å². The lowest BCUT2D eigenvalue weighted by Crippen LogP contribution is -2.20. The highest BCUT2D eigenvalue weighted by Crippen LogP contribution is 2.36. The zero-order valence-electron chi connectivity index (χ0n) is 16.2.